The van der Waals surface area contributed by atoms with Crippen molar-refractivity contribution in [3.8, 4) is 12.3 Å². The molecule has 0 atom stereocenters. The molecule has 0 bridgehead atoms. The van der Waals surface area contributed by atoms with Crippen molar-refractivity contribution in [3.05, 3.63) is 42.5 Å². The molecule has 0 saturated heterocycles. The molecular formula is C13H11NO3. The Morgan fingerprint density at radius 1 is 1.29 bits per heavy atom. The van der Waals surface area contributed by atoms with E-state index in [1.165, 1.54) is 0 Å². The summed E-state index contributed by atoms with van der Waals surface area (Å²) in [5, 5.41) is 2.58. The molecular weight excluding hydrogens is 218 g/mol. The summed E-state index contributed by atoms with van der Waals surface area (Å²) in [6.07, 6.45) is 7.02. The number of benzene rings is 1. The zero-order chi connectivity index (χ0) is 12.5. The van der Waals surface area contributed by atoms with Gasteiger partial charge in [0.25, 0.3) is 0 Å². The van der Waals surface area contributed by atoms with E-state index >= 15 is 0 Å². The van der Waals surface area contributed by atoms with Crippen molar-refractivity contribution < 1.29 is 14.3 Å². The normalized spacial score (nSPS) is 9.59. The standard InChI is InChI=1S/C13H11NO3/c1-2-10-17-13(16)9-8-12(15)14-11-6-4-3-5-7-11/h1,3-9H,10H2,(H,14,15). The Morgan fingerprint density at radius 3 is 2.65 bits per heavy atom. The highest BCUT2D eigenvalue weighted by molar-refractivity contribution is 6.02. The first-order valence-electron chi connectivity index (χ1n) is 4.86. The first kappa shape index (κ1) is 12.5. The number of esters is 1. The summed E-state index contributed by atoms with van der Waals surface area (Å²) < 4.78 is 4.55. The molecule has 0 spiro atoms. The number of para-hydroxylation sites is 1. The van der Waals surface area contributed by atoms with Crippen LogP contribution in [0.3, 0.4) is 0 Å². The molecule has 1 aromatic rings. The molecule has 86 valence electrons. The fraction of sp³-hybridized carbons (Fsp3) is 0.0769. The summed E-state index contributed by atoms with van der Waals surface area (Å²) >= 11 is 0. The molecule has 4 heteroatoms. The zero-order valence-corrected chi connectivity index (χ0v) is 9.05. The van der Waals surface area contributed by atoms with E-state index in [2.05, 4.69) is 16.0 Å². The maximum absolute atomic E-state index is 11.3. The average Bonchev–Trinajstić information content (AvgIpc) is 2.35. The van der Waals surface area contributed by atoms with Crippen molar-refractivity contribution in [3.63, 3.8) is 0 Å². The molecule has 0 aliphatic carbocycles. The zero-order valence-electron chi connectivity index (χ0n) is 9.05. The van der Waals surface area contributed by atoms with Gasteiger partial charge in [-0.15, -0.1) is 6.42 Å². The third-order valence-corrected chi connectivity index (χ3v) is 1.71. The number of terminal acetylenes is 1. The summed E-state index contributed by atoms with van der Waals surface area (Å²) in [6.45, 7) is -0.108. The summed E-state index contributed by atoms with van der Waals surface area (Å²) in [4.78, 5) is 22.3. The maximum Gasteiger partial charge on any atom is 0.331 e. The van der Waals surface area contributed by atoms with Crippen LogP contribution < -0.4 is 5.32 Å². The smallest absolute Gasteiger partial charge is 0.331 e. The van der Waals surface area contributed by atoms with Gasteiger partial charge >= 0.3 is 5.97 Å². The van der Waals surface area contributed by atoms with Gasteiger partial charge in [-0.05, 0) is 12.1 Å². The minimum atomic E-state index is -0.647. The van der Waals surface area contributed by atoms with E-state index < -0.39 is 11.9 Å². The number of anilines is 1. The van der Waals surface area contributed by atoms with E-state index in [1.807, 2.05) is 6.07 Å². The number of carbonyl (C=O) groups is 2. The summed E-state index contributed by atoms with van der Waals surface area (Å²) in [5.74, 6) is 1.09. The quantitative estimate of drug-likeness (QED) is 0.482. The molecule has 1 aromatic carbocycles. The average molecular weight is 229 g/mol. The van der Waals surface area contributed by atoms with Crippen LogP contribution in [0.25, 0.3) is 0 Å². The van der Waals surface area contributed by atoms with E-state index in [4.69, 9.17) is 6.42 Å². The number of ether oxygens (including phenoxy) is 1. The van der Waals surface area contributed by atoms with Crippen LogP contribution >= 0.6 is 0 Å². The minimum absolute atomic E-state index is 0.108. The number of nitrogens with one attached hydrogen (secondary N) is 1. The molecule has 0 aromatic heterocycles. The van der Waals surface area contributed by atoms with Crippen LogP contribution in [0.4, 0.5) is 5.69 Å². The predicted molar refractivity (Wildman–Crippen MR) is 64.0 cm³/mol. The van der Waals surface area contributed by atoms with E-state index in [0.29, 0.717) is 5.69 Å². The van der Waals surface area contributed by atoms with Gasteiger partial charge in [-0.3, -0.25) is 4.79 Å². The number of hydrogen-bond acceptors (Lipinski definition) is 3. The Kier molecular flexibility index (Phi) is 5.05. The molecule has 0 saturated carbocycles. The second-order valence-electron chi connectivity index (χ2n) is 3.00. The third-order valence-electron chi connectivity index (χ3n) is 1.71. The highest BCUT2D eigenvalue weighted by Crippen LogP contribution is 2.04. The van der Waals surface area contributed by atoms with Crippen LogP contribution in [0.15, 0.2) is 42.5 Å². The summed E-state index contributed by atoms with van der Waals surface area (Å²) in [7, 11) is 0. The van der Waals surface area contributed by atoms with Crippen molar-refractivity contribution in [2.24, 2.45) is 0 Å². The van der Waals surface area contributed by atoms with Gasteiger partial charge in [0, 0.05) is 17.8 Å². The van der Waals surface area contributed by atoms with E-state index in [1.54, 1.807) is 24.3 Å². The number of carbonyl (C=O) groups excluding carboxylic acids is 2. The monoisotopic (exact) mass is 229 g/mol. The van der Waals surface area contributed by atoms with Crippen molar-refractivity contribution >= 4 is 17.6 Å². The number of hydrogen-bond donors (Lipinski definition) is 1. The molecule has 4 nitrogen and oxygen atoms in total. The molecule has 0 fully saturated rings. The van der Waals surface area contributed by atoms with Crippen LogP contribution in [0.1, 0.15) is 0 Å². The van der Waals surface area contributed by atoms with Gasteiger partial charge in [0.1, 0.15) is 0 Å². The number of rotatable bonds is 4. The first-order valence-corrected chi connectivity index (χ1v) is 4.86. The van der Waals surface area contributed by atoms with E-state index in [9.17, 15) is 9.59 Å². The Balaban J connectivity index is 2.42. The van der Waals surface area contributed by atoms with Crippen LogP contribution in [-0.2, 0) is 14.3 Å². The second-order valence-corrected chi connectivity index (χ2v) is 3.00. The molecule has 0 heterocycles. The fourth-order valence-corrected chi connectivity index (χ4v) is 1.01. The van der Waals surface area contributed by atoms with Crippen molar-refractivity contribution in [2.75, 3.05) is 11.9 Å². The lowest BCUT2D eigenvalue weighted by Crippen LogP contribution is -2.09. The molecule has 1 rings (SSSR count). The Morgan fingerprint density at radius 2 is 2.00 bits per heavy atom. The van der Waals surface area contributed by atoms with Gasteiger partial charge in [0.15, 0.2) is 6.61 Å². The highest BCUT2D eigenvalue weighted by Gasteiger charge is 1.99. The summed E-state index contributed by atoms with van der Waals surface area (Å²) in [5.41, 5.74) is 0.652. The van der Waals surface area contributed by atoms with Crippen LogP contribution in [0, 0.1) is 12.3 Å². The molecule has 1 amide bonds. The molecule has 0 radical (unpaired) electrons. The highest BCUT2D eigenvalue weighted by atomic mass is 16.5. The largest absolute Gasteiger partial charge is 0.449 e. The molecule has 0 aliphatic rings. The SMILES string of the molecule is C#CCOC(=O)C=CC(=O)Nc1ccccc1. The van der Waals surface area contributed by atoms with Gasteiger partial charge in [-0.2, -0.15) is 0 Å². The van der Waals surface area contributed by atoms with Crippen molar-refractivity contribution in [1.82, 2.24) is 0 Å². The van der Waals surface area contributed by atoms with Crippen LogP contribution in [0.5, 0.6) is 0 Å². The predicted octanol–water partition coefficient (Wildman–Crippen LogP) is 1.36. The third kappa shape index (κ3) is 5.19. The van der Waals surface area contributed by atoms with Gasteiger partial charge in [-0.1, -0.05) is 24.1 Å². The molecule has 1 N–H and O–H groups in total. The van der Waals surface area contributed by atoms with Gasteiger partial charge in [0.05, 0.1) is 0 Å². The summed E-state index contributed by atoms with van der Waals surface area (Å²) in [6, 6.07) is 8.90. The molecule has 0 aliphatic heterocycles. The van der Waals surface area contributed by atoms with Gasteiger partial charge < -0.3 is 10.1 Å². The fourth-order valence-electron chi connectivity index (χ4n) is 1.01. The van der Waals surface area contributed by atoms with Gasteiger partial charge in [-0.25, -0.2) is 4.79 Å². The van der Waals surface area contributed by atoms with Crippen LogP contribution in [0.2, 0.25) is 0 Å². The Hall–Kier alpha value is -2.54. The topological polar surface area (TPSA) is 55.4 Å². The van der Waals surface area contributed by atoms with E-state index in [-0.39, 0.29) is 6.61 Å². The first-order chi connectivity index (χ1) is 8.22. The minimum Gasteiger partial charge on any atom is -0.449 e. The van der Waals surface area contributed by atoms with Gasteiger partial charge in [0.2, 0.25) is 5.91 Å². The Labute approximate surface area is 99.3 Å². The second kappa shape index (κ2) is 6.85. The molecule has 0 unspecified atom stereocenters. The lowest BCUT2D eigenvalue weighted by atomic mass is 10.3. The Bertz CT molecular complexity index is 457. The maximum atomic E-state index is 11.3. The van der Waals surface area contributed by atoms with E-state index in [0.717, 1.165) is 12.2 Å². The lowest BCUT2D eigenvalue weighted by Gasteiger charge is -2.00. The lowest BCUT2D eigenvalue weighted by molar-refractivity contribution is -0.136. The van der Waals surface area contributed by atoms with Crippen LogP contribution in [-0.4, -0.2) is 18.5 Å². The molecule has 17 heavy (non-hydrogen) atoms. The van der Waals surface area contributed by atoms with Crippen molar-refractivity contribution in [2.45, 2.75) is 0 Å². The number of amides is 1. The van der Waals surface area contributed by atoms with Crippen molar-refractivity contribution in [1.29, 1.82) is 0 Å².